The molecule has 2 aliphatic heterocycles. The molecule has 3 nitrogen and oxygen atoms in total. The molecule has 23 heavy (non-hydrogen) atoms. The summed E-state index contributed by atoms with van der Waals surface area (Å²) in [5, 5.41) is 3.30. The molecule has 3 rings (SSSR count). The third kappa shape index (κ3) is 4.55. The molecular weight excluding hydrogens is 302 g/mol. The predicted molar refractivity (Wildman–Crippen MR) is 104 cm³/mol. The number of nitrogens with one attached hydrogen (secondary N) is 1. The lowest BCUT2D eigenvalue weighted by Gasteiger charge is -2.33. The SMILES string of the molecule is C=C1CCC(c2ccc(N3CCN(S)CC3)cc2)C(=C)N1.CC. The molecule has 1 unspecified atom stereocenters. The molecule has 0 aliphatic carbocycles. The Hall–Kier alpha value is -1.39. The number of nitrogens with zero attached hydrogens (tertiary/aromatic N) is 2. The van der Waals surface area contributed by atoms with E-state index in [9.17, 15) is 0 Å². The molecular formula is C19H29N3S. The summed E-state index contributed by atoms with van der Waals surface area (Å²) in [4.78, 5) is 2.42. The zero-order chi connectivity index (χ0) is 16.8. The van der Waals surface area contributed by atoms with Crippen LogP contribution in [0, 0.1) is 0 Å². The number of hydrogen-bond acceptors (Lipinski definition) is 4. The molecule has 1 atom stereocenters. The van der Waals surface area contributed by atoms with E-state index in [4.69, 9.17) is 0 Å². The Morgan fingerprint density at radius 3 is 2.22 bits per heavy atom. The molecule has 0 bridgehead atoms. The van der Waals surface area contributed by atoms with E-state index < -0.39 is 0 Å². The molecule has 0 amide bonds. The van der Waals surface area contributed by atoms with E-state index in [0.717, 1.165) is 50.4 Å². The van der Waals surface area contributed by atoms with Crippen molar-refractivity contribution in [1.29, 1.82) is 0 Å². The first-order valence-electron chi connectivity index (χ1n) is 8.56. The summed E-state index contributed by atoms with van der Waals surface area (Å²) in [6, 6.07) is 8.96. The molecule has 2 heterocycles. The van der Waals surface area contributed by atoms with Crippen LogP contribution < -0.4 is 10.2 Å². The van der Waals surface area contributed by atoms with Crippen LogP contribution >= 0.6 is 12.8 Å². The first-order valence-corrected chi connectivity index (χ1v) is 8.96. The van der Waals surface area contributed by atoms with Crippen molar-refractivity contribution in [3.05, 3.63) is 54.4 Å². The number of rotatable bonds is 2. The predicted octanol–water partition coefficient (Wildman–Crippen LogP) is 4.17. The number of thiol groups is 1. The highest BCUT2D eigenvalue weighted by atomic mass is 32.1. The van der Waals surface area contributed by atoms with Gasteiger partial charge in [0, 0.05) is 49.2 Å². The highest BCUT2D eigenvalue weighted by Crippen LogP contribution is 2.33. The molecule has 2 saturated heterocycles. The van der Waals surface area contributed by atoms with Crippen molar-refractivity contribution >= 4 is 18.5 Å². The number of anilines is 1. The Balaban J connectivity index is 0.000000924. The lowest BCUT2D eigenvalue weighted by Crippen LogP contribution is -2.42. The van der Waals surface area contributed by atoms with E-state index in [1.807, 2.05) is 13.8 Å². The lowest BCUT2D eigenvalue weighted by molar-refractivity contribution is 0.434. The van der Waals surface area contributed by atoms with Gasteiger partial charge in [-0.2, -0.15) is 0 Å². The van der Waals surface area contributed by atoms with Gasteiger partial charge in [-0.3, -0.25) is 0 Å². The van der Waals surface area contributed by atoms with E-state index in [-0.39, 0.29) is 0 Å². The molecule has 0 aromatic heterocycles. The molecule has 126 valence electrons. The Morgan fingerprint density at radius 1 is 1.04 bits per heavy atom. The fourth-order valence-electron chi connectivity index (χ4n) is 3.11. The molecule has 1 N–H and O–H groups in total. The molecule has 2 aliphatic rings. The normalized spacial score (nSPS) is 22.2. The van der Waals surface area contributed by atoms with Crippen molar-refractivity contribution in [1.82, 2.24) is 9.62 Å². The largest absolute Gasteiger partial charge is 0.369 e. The third-order valence-corrected chi connectivity index (χ3v) is 4.81. The van der Waals surface area contributed by atoms with Gasteiger partial charge in [0.1, 0.15) is 0 Å². The van der Waals surface area contributed by atoms with Gasteiger partial charge in [-0.1, -0.05) is 52.0 Å². The van der Waals surface area contributed by atoms with Crippen molar-refractivity contribution in [3.63, 3.8) is 0 Å². The highest BCUT2D eigenvalue weighted by Gasteiger charge is 2.21. The average Bonchev–Trinajstić information content (AvgIpc) is 2.58. The summed E-state index contributed by atoms with van der Waals surface area (Å²) in [6.07, 6.45) is 2.12. The van der Waals surface area contributed by atoms with Gasteiger partial charge >= 0.3 is 0 Å². The van der Waals surface area contributed by atoms with Crippen LogP contribution in [0.15, 0.2) is 48.8 Å². The van der Waals surface area contributed by atoms with E-state index >= 15 is 0 Å². The highest BCUT2D eigenvalue weighted by molar-refractivity contribution is 7.77. The summed E-state index contributed by atoms with van der Waals surface area (Å²) in [7, 11) is 0. The van der Waals surface area contributed by atoms with Gasteiger partial charge in [-0.05, 0) is 30.5 Å². The standard InChI is InChI=1S/C17H23N3S.C2H6/c1-13-3-8-17(14(2)18-13)15-4-6-16(7-5-15)19-9-11-20(21)12-10-19;1-2/h4-7,17-18,21H,1-3,8-12H2;1-2H3. The summed E-state index contributed by atoms with van der Waals surface area (Å²) in [5.74, 6) is 0.402. The quantitative estimate of drug-likeness (QED) is 0.793. The van der Waals surface area contributed by atoms with Crippen LogP contribution in [0.25, 0.3) is 0 Å². The van der Waals surface area contributed by atoms with Crippen molar-refractivity contribution in [3.8, 4) is 0 Å². The van der Waals surface area contributed by atoms with Crippen LogP contribution in [0.3, 0.4) is 0 Å². The zero-order valence-electron chi connectivity index (χ0n) is 14.4. The number of benzene rings is 1. The number of allylic oxidation sites excluding steroid dienone is 2. The minimum absolute atomic E-state index is 0.402. The minimum atomic E-state index is 0.402. The van der Waals surface area contributed by atoms with Crippen LogP contribution in [-0.4, -0.2) is 30.5 Å². The maximum absolute atomic E-state index is 4.40. The molecule has 2 fully saturated rings. The second-order valence-corrected chi connectivity index (χ2v) is 6.44. The Bertz CT molecular complexity index is 530. The summed E-state index contributed by atoms with van der Waals surface area (Å²) >= 11 is 4.40. The molecule has 0 saturated carbocycles. The van der Waals surface area contributed by atoms with Gasteiger partial charge in [0.25, 0.3) is 0 Å². The topological polar surface area (TPSA) is 18.5 Å². The Labute approximate surface area is 146 Å². The van der Waals surface area contributed by atoms with Gasteiger partial charge in [-0.15, -0.1) is 0 Å². The van der Waals surface area contributed by atoms with Crippen LogP contribution in [0.5, 0.6) is 0 Å². The third-order valence-electron chi connectivity index (χ3n) is 4.41. The zero-order valence-corrected chi connectivity index (χ0v) is 15.3. The number of hydrogen-bond donors (Lipinski definition) is 2. The van der Waals surface area contributed by atoms with Crippen LogP contribution in [0.4, 0.5) is 5.69 Å². The number of piperazine rings is 1. The Kier molecular flexibility index (Phi) is 6.60. The fourth-order valence-corrected chi connectivity index (χ4v) is 3.29. The van der Waals surface area contributed by atoms with Crippen LogP contribution in [-0.2, 0) is 0 Å². The maximum Gasteiger partial charge on any atom is 0.0367 e. The molecule has 4 heteroatoms. The first-order chi connectivity index (χ1) is 11.1. The van der Waals surface area contributed by atoms with E-state index in [1.54, 1.807) is 0 Å². The Morgan fingerprint density at radius 2 is 1.65 bits per heavy atom. The second kappa shape index (κ2) is 8.46. The molecule has 1 aromatic carbocycles. The van der Waals surface area contributed by atoms with Crippen molar-refractivity contribution in [2.24, 2.45) is 0 Å². The number of piperidine rings is 1. The maximum atomic E-state index is 4.40. The van der Waals surface area contributed by atoms with Gasteiger partial charge < -0.3 is 10.2 Å². The van der Waals surface area contributed by atoms with E-state index in [0.29, 0.717) is 5.92 Å². The van der Waals surface area contributed by atoms with Crippen LogP contribution in [0.1, 0.15) is 38.2 Å². The minimum Gasteiger partial charge on any atom is -0.369 e. The monoisotopic (exact) mass is 331 g/mol. The van der Waals surface area contributed by atoms with Crippen molar-refractivity contribution in [2.45, 2.75) is 32.6 Å². The van der Waals surface area contributed by atoms with E-state index in [2.05, 4.69) is 64.8 Å². The van der Waals surface area contributed by atoms with Gasteiger partial charge in [-0.25, -0.2) is 4.31 Å². The molecule has 1 aromatic rings. The van der Waals surface area contributed by atoms with Gasteiger partial charge in [0.05, 0.1) is 0 Å². The average molecular weight is 332 g/mol. The summed E-state index contributed by atoms with van der Waals surface area (Å²) in [6.45, 7) is 16.2. The fraction of sp³-hybridized carbons (Fsp3) is 0.474. The molecule has 0 radical (unpaired) electrons. The second-order valence-electron chi connectivity index (χ2n) is 5.88. The first kappa shape index (κ1) is 18.0. The molecule has 0 spiro atoms. The van der Waals surface area contributed by atoms with Crippen molar-refractivity contribution < 1.29 is 0 Å². The van der Waals surface area contributed by atoms with E-state index in [1.165, 1.54) is 11.3 Å². The van der Waals surface area contributed by atoms with Crippen molar-refractivity contribution in [2.75, 3.05) is 31.1 Å². The van der Waals surface area contributed by atoms with Gasteiger partial charge in [0.2, 0.25) is 0 Å². The van der Waals surface area contributed by atoms with Gasteiger partial charge in [0.15, 0.2) is 0 Å². The summed E-state index contributed by atoms with van der Waals surface area (Å²) in [5.41, 5.74) is 4.80. The lowest BCUT2D eigenvalue weighted by atomic mass is 9.88. The summed E-state index contributed by atoms with van der Waals surface area (Å²) < 4.78 is 2.08. The van der Waals surface area contributed by atoms with Crippen LogP contribution in [0.2, 0.25) is 0 Å². The smallest absolute Gasteiger partial charge is 0.0367 e.